The molecular weight excluding hydrogens is 832 g/mol. The number of carbonyl (C=O) groups excluding carboxylic acids is 6. The van der Waals surface area contributed by atoms with Crippen molar-refractivity contribution in [3.8, 4) is 0 Å². The summed E-state index contributed by atoms with van der Waals surface area (Å²) >= 11 is 6.10. The molecule has 4 aromatic carbocycles. The Morgan fingerprint density at radius 2 is 1.11 bits per heavy atom. The van der Waals surface area contributed by atoms with Gasteiger partial charge in [-0.05, 0) is 54.9 Å². The van der Waals surface area contributed by atoms with Gasteiger partial charge in [0.05, 0.1) is 6.04 Å². The molecule has 0 bridgehead atoms. The molecule has 0 aliphatic rings. The average molecular weight is 885 g/mol. The highest BCUT2D eigenvalue weighted by Gasteiger charge is 2.27. The van der Waals surface area contributed by atoms with Gasteiger partial charge in [-0.25, -0.2) is 14.4 Å². The minimum Gasteiger partial charge on any atom is -0.445 e. The number of amides is 6. The normalized spacial score (nSPS) is 12.0. The Morgan fingerprint density at radius 3 is 1.68 bits per heavy atom. The number of guanidine groups is 1. The molecule has 4 aromatic rings. The lowest BCUT2D eigenvalue weighted by Crippen LogP contribution is -2.56. The summed E-state index contributed by atoms with van der Waals surface area (Å²) in [5, 5.41) is 13.3. The summed E-state index contributed by atoms with van der Waals surface area (Å²) in [6.45, 7) is 0.205. The summed E-state index contributed by atoms with van der Waals surface area (Å²) < 4.78 is 15.7. The van der Waals surface area contributed by atoms with E-state index < -0.39 is 54.1 Å². The molecule has 0 saturated heterocycles. The number of hydrogen-bond acceptors (Lipinski definition) is 11. The van der Waals surface area contributed by atoms with Crippen LogP contribution in [0.1, 0.15) is 54.4 Å². The molecule has 0 aliphatic carbocycles. The summed E-state index contributed by atoms with van der Waals surface area (Å²) in [5.41, 5.74) is 14.8. The lowest BCUT2D eigenvalue weighted by molar-refractivity contribution is -0.131. The number of nitrogens with two attached hydrogens (primary N) is 2. The molecular formula is C45H53ClN8O9. The number of alkyl carbamates (subject to hydrolysis) is 3. The first-order valence-electron chi connectivity index (χ1n) is 20.3. The van der Waals surface area contributed by atoms with E-state index in [1.54, 1.807) is 97.1 Å². The van der Waals surface area contributed by atoms with Crippen LogP contribution in [0.3, 0.4) is 0 Å². The van der Waals surface area contributed by atoms with E-state index in [-0.39, 0.29) is 64.6 Å². The van der Waals surface area contributed by atoms with Crippen molar-refractivity contribution in [1.82, 2.24) is 26.6 Å². The smallest absolute Gasteiger partial charge is 0.414 e. The van der Waals surface area contributed by atoms with E-state index in [9.17, 15) is 28.8 Å². The molecule has 0 aromatic heterocycles. The van der Waals surface area contributed by atoms with Crippen molar-refractivity contribution < 1.29 is 43.0 Å². The van der Waals surface area contributed by atoms with E-state index in [1.165, 1.54) is 0 Å². The first-order valence-corrected chi connectivity index (χ1v) is 20.7. The van der Waals surface area contributed by atoms with Crippen molar-refractivity contribution in [3.05, 3.63) is 143 Å². The van der Waals surface area contributed by atoms with Gasteiger partial charge in [-0.3, -0.25) is 30.0 Å². The molecule has 4 rings (SSSR count). The molecule has 63 heavy (non-hydrogen) atoms. The molecule has 17 nitrogen and oxygen atoms in total. The maximum Gasteiger partial charge on any atom is 0.414 e. The van der Waals surface area contributed by atoms with Crippen LogP contribution < -0.4 is 38.1 Å². The molecule has 3 unspecified atom stereocenters. The van der Waals surface area contributed by atoms with Gasteiger partial charge in [0.25, 0.3) is 0 Å². The fourth-order valence-corrected chi connectivity index (χ4v) is 6.01. The number of halogens is 1. The van der Waals surface area contributed by atoms with Crippen molar-refractivity contribution in [2.24, 2.45) is 16.5 Å². The summed E-state index contributed by atoms with van der Waals surface area (Å²) in [5.74, 6) is -2.29. The van der Waals surface area contributed by atoms with Gasteiger partial charge >= 0.3 is 18.3 Å². The molecule has 0 fully saturated rings. The first-order chi connectivity index (χ1) is 30.5. The van der Waals surface area contributed by atoms with Crippen molar-refractivity contribution >= 4 is 53.6 Å². The molecule has 6 amide bonds. The number of nitrogens with zero attached hydrogens (tertiary/aromatic N) is 1. The van der Waals surface area contributed by atoms with Crippen LogP contribution in [-0.2, 0) is 54.8 Å². The SMILES string of the molecule is NC(=O)C(CCCCNC(=O)OCc1ccccc1Cl)NC(=O)C(Cc1ccccc1)NC(=O)C(N)CCCN=C(NC(=O)OCc1ccccc1)NC(=O)OCc1ccccc1. The van der Waals surface area contributed by atoms with Crippen molar-refractivity contribution in [3.63, 3.8) is 0 Å². The lowest BCUT2D eigenvalue weighted by atomic mass is 10.0. The van der Waals surface area contributed by atoms with Crippen molar-refractivity contribution in [2.45, 2.75) is 76.5 Å². The molecule has 0 aliphatic heterocycles. The Kier molecular flexibility index (Phi) is 20.9. The zero-order valence-corrected chi connectivity index (χ0v) is 35.4. The Labute approximate surface area is 370 Å². The second-order valence-electron chi connectivity index (χ2n) is 14.2. The second kappa shape index (κ2) is 27.1. The third kappa shape index (κ3) is 19.1. The number of nitrogens with one attached hydrogen (secondary N) is 5. The van der Waals surface area contributed by atoms with Gasteiger partial charge in [0.1, 0.15) is 31.9 Å². The highest BCUT2D eigenvalue weighted by atomic mass is 35.5. The van der Waals surface area contributed by atoms with Gasteiger partial charge in [0.15, 0.2) is 0 Å². The molecule has 3 atom stereocenters. The number of carbonyl (C=O) groups is 6. The van der Waals surface area contributed by atoms with Crippen LogP contribution in [0.25, 0.3) is 0 Å². The van der Waals surface area contributed by atoms with Crippen LogP contribution in [0, 0.1) is 0 Å². The molecule has 0 spiro atoms. The third-order valence-corrected chi connectivity index (χ3v) is 9.60. The number of unbranched alkanes of at least 4 members (excludes halogenated alkanes) is 1. The molecule has 0 radical (unpaired) electrons. The van der Waals surface area contributed by atoms with E-state index in [0.29, 0.717) is 23.4 Å². The number of primary amides is 1. The maximum absolute atomic E-state index is 13.6. The Balaban J connectivity index is 1.28. The van der Waals surface area contributed by atoms with Crippen LogP contribution in [0.5, 0.6) is 0 Å². The number of benzene rings is 4. The topological polar surface area (TPSA) is 255 Å². The lowest BCUT2D eigenvalue weighted by Gasteiger charge is -2.23. The maximum atomic E-state index is 13.6. The minimum absolute atomic E-state index is 0.00283. The number of ether oxygens (including phenoxy) is 3. The molecule has 0 saturated carbocycles. The molecule has 0 heterocycles. The molecule has 18 heteroatoms. The van der Waals surface area contributed by atoms with Crippen LogP contribution in [-0.4, -0.2) is 73.2 Å². The van der Waals surface area contributed by atoms with E-state index in [0.717, 1.165) is 16.7 Å². The van der Waals surface area contributed by atoms with Gasteiger partial charge in [0.2, 0.25) is 23.7 Å². The number of hydrogen-bond donors (Lipinski definition) is 7. The monoisotopic (exact) mass is 884 g/mol. The van der Waals surface area contributed by atoms with Crippen LogP contribution >= 0.6 is 11.6 Å². The van der Waals surface area contributed by atoms with Gasteiger partial charge < -0.3 is 41.6 Å². The summed E-state index contributed by atoms with van der Waals surface area (Å²) in [4.78, 5) is 81.0. The standard InChI is InChI=1S/C45H53ClN8O9/c46-35-22-11-10-21-34(35)30-63-43(58)50-25-13-12-24-37(39(48)55)51-41(57)38(27-31-15-4-1-5-16-31)52-40(56)36(47)23-14-26-49-42(53-44(59)61-28-32-17-6-2-7-18-32)54-45(60)62-29-33-19-8-3-9-20-33/h1-11,15-22,36-38H,12-14,23-30,47H2,(H2,48,55)(H,50,58)(H,51,57)(H,52,56)(H2,49,53,54,59,60). The zero-order chi connectivity index (χ0) is 45.2. The van der Waals surface area contributed by atoms with Crippen LogP contribution in [0.15, 0.2) is 120 Å². The summed E-state index contributed by atoms with van der Waals surface area (Å²) in [6.07, 6.45) is -0.929. The fraction of sp³-hybridized carbons (Fsp3) is 0.311. The first kappa shape index (κ1) is 48.7. The van der Waals surface area contributed by atoms with Crippen molar-refractivity contribution in [1.29, 1.82) is 0 Å². The van der Waals surface area contributed by atoms with E-state index in [1.807, 2.05) is 18.2 Å². The van der Waals surface area contributed by atoms with E-state index in [2.05, 4.69) is 31.6 Å². The van der Waals surface area contributed by atoms with Crippen molar-refractivity contribution in [2.75, 3.05) is 13.1 Å². The Hall–Kier alpha value is -6.98. The van der Waals surface area contributed by atoms with Crippen LogP contribution in [0.2, 0.25) is 5.02 Å². The predicted molar refractivity (Wildman–Crippen MR) is 236 cm³/mol. The second-order valence-corrected chi connectivity index (χ2v) is 14.6. The third-order valence-electron chi connectivity index (χ3n) is 9.23. The predicted octanol–water partition coefficient (Wildman–Crippen LogP) is 4.75. The summed E-state index contributed by atoms with van der Waals surface area (Å²) in [6, 6.07) is 30.7. The number of rotatable bonds is 22. The van der Waals surface area contributed by atoms with E-state index >= 15 is 0 Å². The van der Waals surface area contributed by atoms with E-state index in [4.69, 9.17) is 37.3 Å². The summed E-state index contributed by atoms with van der Waals surface area (Å²) in [7, 11) is 0. The minimum atomic E-state index is -1.12. The quantitative estimate of drug-likeness (QED) is 0.0247. The van der Waals surface area contributed by atoms with Gasteiger partial charge in [0, 0.05) is 30.1 Å². The Morgan fingerprint density at radius 1 is 0.587 bits per heavy atom. The van der Waals surface area contributed by atoms with Crippen LogP contribution in [0.4, 0.5) is 14.4 Å². The largest absolute Gasteiger partial charge is 0.445 e. The fourth-order valence-electron chi connectivity index (χ4n) is 5.82. The zero-order valence-electron chi connectivity index (χ0n) is 34.6. The van der Waals surface area contributed by atoms with Gasteiger partial charge in [-0.2, -0.15) is 0 Å². The van der Waals surface area contributed by atoms with Gasteiger partial charge in [-0.1, -0.05) is 121 Å². The number of aliphatic imine (C=N–C) groups is 1. The highest BCUT2D eigenvalue weighted by molar-refractivity contribution is 6.31. The van der Waals surface area contributed by atoms with Gasteiger partial charge in [-0.15, -0.1) is 0 Å². The molecule has 9 N–H and O–H groups in total. The highest BCUT2D eigenvalue weighted by Crippen LogP contribution is 2.16. The molecule has 334 valence electrons. The average Bonchev–Trinajstić information content (AvgIpc) is 3.28. The Bertz CT molecular complexity index is 2050.